The van der Waals surface area contributed by atoms with Gasteiger partial charge in [-0.2, -0.15) is 13.2 Å². The quantitative estimate of drug-likeness (QED) is 0.556. The monoisotopic (exact) mass is 424 g/mol. The molecule has 2 atom stereocenters. The Kier molecular flexibility index (Phi) is 5.75. The number of nitro benzene ring substituents is 1. The summed E-state index contributed by atoms with van der Waals surface area (Å²) in [5, 5.41) is 14.3. The Morgan fingerprint density at radius 1 is 1.29 bits per heavy atom. The Balaban J connectivity index is 2.31. The Hall–Kier alpha value is -1.88. The molecule has 0 spiro atoms. The van der Waals surface area contributed by atoms with Crippen molar-refractivity contribution in [3.63, 3.8) is 0 Å². The van der Waals surface area contributed by atoms with Crippen molar-refractivity contribution in [3.8, 4) is 0 Å². The lowest BCUT2D eigenvalue weighted by atomic mass is 9.63. The van der Waals surface area contributed by atoms with Gasteiger partial charge in [0.2, 0.25) is 0 Å². The van der Waals surface area contributed by atoms with Crippen LogP contribution in [0.4, 0.5) is 24.5 Å². The molecule has 28 heavy (non-hydrogen) atoms. The number of nitrogens with one attached hydrogen (secondary N) is 1. The normalized spacial score (nSPS) is 25.3. The van der Waals surface area contributed by atoms with Crippen LogP contribution in [0, 0.1) is 20.9 Å². The molecule has 1 saturated carbocycles. The largest absolute Gasteiger partial charge is 0.501 e. The molecule has 0 unspecified atom stereocenters. The number of quaternary nitrogens is 1. The molecule has 2 rings (SSSR count). The van der Waals surface area contributed by atoms with Crippen LogP contribution in [0.2, 0.25) is 0 Å². The SMILES string of the molecule is CC1(C)C[C@@H]([NH3+])C[C@](C)(CNc2ccc(S(=O)(=O)C(F)(F)F)cc2[N+](=O)[O-])C1. The Morgan fingerprint density at radius 2 is 1.89 bits per heavy atom. The minimum absolute atomic E-state index is 0.0173. The number of rotatable bonds is 5. The summed E-state index contributed by atoms with van der Waals surface area (Å²) in [4.78, 5) is 9.27. The minimum atomic E-state index is -5.66. The molecule has 0 saturated heterocycles. The van der Waals surface area contributed by atoms with Crippen molar-refractivity contribution in [2.24, 2.45) is 10.8 Å². The summed E-state index contributed by atoms with van der Waals surface area (Å²) >= 11 is 0. The van der Waals surface area contributed by atoms with Crippen LogP contribution in [0.25, 0.3) is 0 Å². The highest BCUT2D eigenvalue weighted by Gasteiger charge is 2.47. The number of halogens is 3. The van der Waals surface area contributed by atoms with Crippen LogP contribution in [0.1, 0.15) is 40.0 Å². The number of hydrogen-bond acceptors (Lipinski definition) is 5. The predicted molar refractivity (Wildman–Crippen MR) is 97.2 cm³/mol. The van der Waals surface area contributed by atoms with Gasteiger partial charge in [-0.25, -0.2) is 8.42 Å². The highest BCUT2D eigenvalue weighted by Crippen LogP contribution is 2.45. The molecule has 11 heteroatoms. The van der Waals surface area contributed by atoms with Crippen molar-refractivity contribution >= 4 is 21.2 Å². The van der Waals surface area contributed by atoms with Crippen LogP contribution in [0.15, 0.2) is 23.1 Å². The van der Waals surface area contributed by atoms with Crippen molar-refractivity contribution in [2.75, 3.05) is 11.9 Å². The first-order chi connectivity index (χ1) is 12.6. The number of alkyl halides is 3. The number of sulfone groups is 1. The van der Waals surface area contributed by atoms with E-state index in [1.54, 1.807) is 0 Å². The maximum absolute atomic E-state index is 12.7. The molecule has 1 aliphatic carbocycles. The molecule has 4 N–H and O–H groups in total. The Bertz CT molecular complexity index is 871. The van der Waals surface area contributed by atoms with Gasteiger partial charge in [-0.15, -0.1) is 0 Å². The van der Waals surface area contributed by atoms with Crippen LogP contribution < -0.4 is 11.1 Å². The van der Waals surface area contributed by atoms with Gasteiger partial charge in [-0.3, -0.25) is 10.1 Å². The highest BCUT2D eigenvalue weighted by molar-refractivity contribution is 7.92. The second kappa shape index (κ2) is 7.18. The summed E-state index contributed by atoms with van der Waals surface area (Å²) < 4.78 is 61.2. The average molecular weight is 424 g/mol. The van der Waals surface area contributed by atoms with E-state index in [0.717, 1.165) is 31.4 Å². The van der Waals surface area contributed by atoms with Gasteiger partial charge >= 0.3 is 5.51 Å². The molecule has 7 nitrogen and oxygen atoms in total. The highest BCUT2D eigenvalue weighted by atomic mass is 32.2. The lowest BCUT2D eigenvalue weighted by Gasteiger charge is -2.44. The van der Waals surface area contributed by atoms with Crippen molar-refractivity contribution in [3.05, 3.63) is 28.3 Å². The zero-order valence-electron chi connectivity index (χ0n) is 16.0. The van der Waals surface area contributed by atoms with E-state index >= 15 is 0 Å². The van der Waals surface area contributed by atoms with E-state index in [1.165, 1.54) is 0 Å². The molecule has 158 valence electrons. The van der Waals surface area contributed by atoms with E-state index < -0.39 is 30.9 Å². The zero-order chi connectivity index (χ0) is 21.5. The molecular formula is C17H25F3N3O4S+. The van der Waals surface area contributed by atoms with Crippen LogP contribution in [0.3, 0.4) is 0 Å². The third kappa shape index (κ3) is 4.75. The molecule has 1 fully saturated rings. The second-order valence-electron chi connectivity index (χ2n) is 8.66. The minimum Gasteiger partial charge on any atom is -0.379 e. The first-order valence-corrected chi connectivity index (χ1v) is 10.2. The van der Waals surface area contributed by atoms with Crippen LogP contribution in [-0.4, -0.2) is 31.4 Å². The molecule has 1 aliphatic rings. The lowest BCUT2D eigenvalue weighted by Crippen LogP contribution is -2.66. The van der Waals surface area contributed by atoms with Crippen LogP contribution in [-0.2, 0) is 9.84 Å². The van der Waals surface area contributed by atoms with Gasteiger partial charge in [-0.05, 0) is 29.4 Å². The fraction of sp³-hybridized carbons (Fsp3) is 0.647. The fourth-order valence-electron chi connectivity index (χ4n) is 4.41. The summed E-state index contributed by atoms with van der Waals surface area (Å²) in [6, 6.07) is 2.41. The number of hydrogen-bond donors (Lipinski definition) is 2. The molecule has 0 aromatic heterocycles. The maximum Gasteiger partial charge on any atom is 0.501 e. The van der Waals surface area contributed by atoms with Gasteiger partial charge in [0.1, 0.15) is 5.69 Å². The first kappa shape index (κ1) is 22.4. The fourth-order valence-corrected chi connectivity index (χ4v) is 5.19. The molecule has 1 aromatic rings. The maximum atomic E-state index is 12.7. The predicted octanol–water partition coefficient (Wildman–Crippen LogP) is 3.13. The van der Waals surface area contributed by atoms with E-state index in [4.69, 9.17) is 0 Å². The van der Waals surface area contributed by atoms with Gasteiger partial charge in [-0.1, -0.05) is 20.8 Å². The third-order valence-electron chi connectivity index (χ3n) is 5.01. The molecule has 0 radical (unpaired) electrons. The van der Waals surface area contributed by atoms with Gasteiger partial charge in [0.15, 0.2) is 0 Å². The van der Waals surface area contributed by atoms with E-state index in [2.05, 4.69) is 24.9 Å². The summed E-state index contributed by atoms with van der Waals surface area (Å²) in [6.45, 7) is 6.64. The Morgan fingerprint density at radius 3 is 2.39 bits per heavy atom. The first-order valence-electron chi connectivity index (χ1n) is 8.73. The van der Waals surface area contributed by atoms with E-state index in [1.807, 2.05) is 6.92 Å². The number of nitrogens with zero attached hydrogens (tertiary/aromatic N) is 1. The van der Waals surface area contributed by atoms with Gasteiger partial charge in [0, 0.05) is 25.5 Å². The standard InChI is InChI=1S/C17H24F3N3O4S/c1-15(2)7-11(21)8-16(3,9-15)10-22-13-5-4-12(6-14(13)23(24)25)28(26,27)17(18,19)20/h4-6,11,22H,7-10,21H2,1-3H3/p+1/t11-,16+/m1/s1. The van der Waals surface area contributed by atoms with E-state index in [-0.39, 0.29) is 22.6 Å². The number of anilines is 1. The summed E-state index contributed by atoms with van der Waals surface area (Å²) in [5.74, 6) is 0. The van der Waals surface area contributed by atoms with Crippen molar-refractivity contribution in [1.82, 2.24) is 0 Å². The molecule has 1 aromatic carbocycles. The van der Waals surface area contributed by atoms with Crippen molar-refractivity contribution < 1.29 is 32.2 Å². The number of benzene rings is 1. The smallest absolute Gasteiger partial charge is 0.379 e. The van der Waals surface area contributed by atoms with Gasteiger partial charge < -0.3 is 11.1 Å². The van der Waals surface area contributed by atoms with E-state index in [0.29, 0.717) is 12.6 Å². The van der Waals surface area contributed by atoms with Crippen molar-refractivity contribution in [1.29, 1.82) is 0 Å². The van der Waals surface area contributed by atoms with Crippen LogP contribution >= 0.6 is 0 Å². The molecule has 0 bridgehead atoms. The average Bonchev–Trinajstić information content (AvgIpc) is 2.49. The third-order valence-corrected chi connectivity index (χ3v) is 6.50. The van der Waals surface area contributed by atoms with Crippen LogP contribution in [0.5, 0.6) is 0 Å². The molecular weight excluding hydrogens is 399 g/mol. The van der Waals surface area contributed by atoms with Gasteiger partial charge in [0.05, 0.1) is 15.9 Å². The summed E-state index contributed by atoms with van der Waals surface area (Å²) in [5.41, 5.74) is -2.27. The molecule has 0 amide bonds. The topological polar surface area (TPSA) is 117 Å². The van der Waals surface area contributed by atoms with Crippen molar-refractivity contribution in [2.45, 2.75) is 56.5 Å². The van der Waals surface area contributed by atoms with Gasteiger partial charge in [0.25, 0.3) is 15.5 Å². The molecule has 0 aliphatic heterocycles. The van der Waals surface area contributed by atoms with E-state index in [9.17, 15) is 31.7 Å². The summed E-state index contributed by atoms with van der Waals surface area (Å²) in [7, 11) is -5.66. The Labute approximate surface area is 161 Å². The zero-order valence-corrected chi connectivity index (χ0v) is 16.8. The molecule has 0 heterocycles. The second-order valence-corrected chi connectivity index (χ2v) is 10.6. The number of nitro groups is 1. The summed E-state index contributed by atoms with van der Waals surface area (Å²) in [6.07, 6.45) is 2.62. The lowest BCUT2D eigenvalue weighted by molar-refractivity contribution is -0.436.